The Morgan fingerprint density at radius 2 is 1.68 bits per heavy atom. The second-order valence-electron chi connectivity index (χ2n) is 5.62. The van der Waals surface area contributed by atoms with E-state index in [1.807, 2.05) is 30.3 Å². The number of rotatable bonds is 5. The summed E-state index contributed by atoms with van der Waals surface area (Å²) in [6, 6.07) is 13.9. The second-order valence-corrected chi connectivity index (χ2v) is 5.62. The summed E-state index contributed by atoms with van der Waals surface area (Å²) in [6.07, 6.45) is -4.59. The Kier molecular flexibility index (Phi) is 4.30. The number of hydrogen-bond acceptors (Lipinski definition) is 4. The first-order valence-electron chi connectivity index (χ1n) is 7.54. The van der Waals surface area contributed by atoms with Gasteiger partial charge in [0.2, 0.25) is 0 Å². The van der Waals surface area contributed by atoms with E-state index < -0.39 is 17.7 Å². The molecule has 0 unspecified atom stereocenters. The van der Waals surface area contributed by atoms with Gasteiger partial charge in [-0.3, -0.25) is 4.79 Å². The van der Waals surface area contributed by atoms with Gasteiger partial charge in [-0.15, -0.1) is 10.2 Å². The Labute approximate surface area is 141 Å². The fraction of sp³-hybridized carbons (Fsp3) is 0.235. The number of amides is 1. The van der Waals surface area contributed by atoms with Crippen molar-refractivity contribution in [2.24, 2.45) is 16.0 Å². The molecule has 25 heavy (non-hydrogen) atoms. The number of alkyl halides is 3. The molecule has 0 aromatic heterocycles. The van der Waals surface area contributed by atoms with Crippen molar-refractivity contribution in [1.29, 1.82) is 0 Å². The molecule has 0 spiro atoms. The summed E-state index contributed by atoms with van der Waals surface area (Å²) in [6.45, 7) is 0.197. The lowest BCUT2D eigenvalue weighted by atomic mass is 10.0. The van der Waals surface area contributed by atoms with Gasteiger partial charge in [0.25, 0.3) is 5.91 Å². The molecule has 3 rings (SSSR count). The van der Waals surface area contributed by atoms with Crippen LogP contribution in [-0.4, -0.2) is 18.6 Å². The monoisotopic (exact) mass is 348 g/mol. The molecule has 1 aliphatic rings. The van der Waals surface area contributed by atoms with Gasteiger partial charge in [-0.25, -0.2) is 0 Å². The van der Waals surface area contributed by atoms with E-state index in [9.17, 15) is 18.0 Å². The fourth-order valence-corrected chi connectivity index (χ4v) is 2.50. The highest BCUT2D eigenvalue weighted by Crippen LogP contribution is 2.52. The van der Waals surface area contributed by atoms with Gasteiger partial charge >= 0.3 is 11.8 Å². The fourth-order valence-electron chi connectivity index (χ4n) is 2.50. The van der Waals surface area contributed by atoms with E-state index in [-0.39, 0.29) is 23.7 Å². The molecule has 0 fully saturated rings. The van der Waals surface area contributed by atoms with Gasteiger partial charge in [0.15, 0.2) is 0 Å². The van der Waals surface area contributed by atoms with E-state index in [0.717, 1.165) is 5.56 Å². The molecule has 2 aromatic carbocycles. The minimum Gasteiger partial charge on any atom is -0.344 e. The van der Waals surface area contributed by atoms with Gasteiger partial charge in [-0.1, -0.05) is 42.5 Å². The van der Waals surface area contributed by atoms with E-state index in [4.69, 9.17) is 5.73 Å². The first-order chi connectivity index (χ1) is 11.9. The molecule has 0 bridgehead atoms. The first kappa shape index (κ1) is 17.1. The molecule has 2 aromatic rings. The normalized spacial score (nSPS) is 16.3. The Balaban J connectivity index is 1.73. The average molecular weight is 348 g/mol. The molecule has 0 aliphatic carbocycles. The first-order valence-corrected chi connectivity index (χ1v) is 7.54. The third-order valence-electron chi connectivity index (χ3n) is 3.99. The predicted octanol–water partition coefficient (Wildman–Crippen LogP) is 3.30. The summed E-state index contributed by atoms with van der Waals surface area (Å²) in [5.74, 6) is -0.420. The predicted molar refractivity (Wildman–Crippen MR) is 84.7 cm³/mol. The van der Waals surface area contributed by atoms with Crippen LogP contribution < -0.4 is 11.1 Å². The highest BCUT2D eigenvalue weighted by molar-refractivity contribution is 5.94. The summed E-state index contributed by atoms with van der Waals surface area (Å²) < 4.78 is 38.9. The van der Waals surface area contributed by atoms with Crippen LogP contribution in [0.4, 0.5) is 13.2 Å². The molecule has 1 atom stereocenters. The maximum atomic E-state index is 13.0. The number of nitrogens with two attached hydrogens (primary N) is 1. The largest absolute Gasteiger partial charge is 0.442 e. The van der Waals surface area contributed by atoms with Crippen molar-refractivity contribution in [3.8, 4) is 0 Å². The Morgan fingerprint density at radius 1 is 1.08 bits per heavy atom. The van der Waals surface area contributed by atoms with Gasteiger partial charge in [-0.05, 0) is 17.7 Å². The smallest absolute Gasteiger partial charge is 0.344 e. The lowest BCUT2D eigenvalue weighted by Crippen LogP contribution is -2.33. The van der Waals surface area contributed by atoms with Crippen LogP contribution in [0, 0.1) is 0 Å². The number of carbonyl (C=O) groups is 1. The van der Waals surface area contributed by atoms with Crippen molar-refractivity contribution in [3.05, 3.63) is 71.3 Å². The molecule has 1 heterocycles. The van der Waals surface area contributed by atoms with E-state index in [1.54, 1.807) is 0 Å². The van der Waals surface area contributed by atoms with Crippen LogP contribution in [0.1, 0.15) is 27.5 Å². The van der Waals surface area contributed by atoms with Crippen molar-refractivity contribution in [1.82, 2.24) is 5.32 Å². The number of nitrogens with one attached hydrogen (secondary N) is 1. The maximum absolute atomic E-state index is 13.0. The number of carbonyl (C=O) groups excluding carboxylic acids is 1. The van der Waals surface area contributed by atoms with Crippen molar-refractivity contribution < 1.29 is 18.0 Å². The highest BCUT2D eigenvalue weighted by atomic mass is 19.4. The van der Waals surface area contributed by atoms with Crippen LogP contribution in [0.25, 0.3) is 0 Å². The molecule has 1 aliphatic heterocycles. The van der Waals surface area contributed by atoms with Gasteiger partial charge in [0.05, 0.1) is 6.04 Å². The molecule has 1 amide bonds. The van der Waals surface area contributed by atoms with Crippen molar-refractivity contribution >= 4 is 5.91 Å². The summed E-state index contributed by atoms with van der Waals surface area (Å²) in [4.78, 5) is 12.3. The number of benzene rings is 2. The topological polar surface area (TPSA) is 79.8 Å². The van der Waals surface area contributed by atoms with Gasteiger partial charge in [0.1, 0.15) is 0 Å². The average Bonchev–Trinajstić information content (AvgIpc) is 3.42. The van der Waals surface area contributed by atoms with Crippen molar-refractivity contribution in [2.75, 3.05) is 6.54 Å². The molecule has 3 N–H and O–H groups in total. The van der Waals surface area contributed by atoms with Crippen LogP contribution in [-0.2, 0) is 5.66 Å². The van der Waals surface area contributed by atoms with Crippen LogP contribution in [0.2, 0.25) is 0 Å². The second kappa shape index (κ2) is 6.29. The van der Waals surface area contributed by atoms with Crippen LogP contribution >= 0.6 is 0 Å². The number of halogens is 3. The van der Waals surface area contributed by atoms with E-state index in [1.165, 1.54) is 24.3 Å². The van der Waals surface area contributed by atoms with Gasteiger partial charge in [-0.2, -0.15) is 13.2 Å². The van der Waals surface area contributed by atoms with Crippen molar-refractivity contribution in [3.63, 3.8) is 0 Å². The zero-order valence-corrected chi connectivity index (χ0v) is 13.0. The summed E-state index contributed by atoms with van der Waals surface area (Å²) >= 11 is 0. The molecule has 8 heteroatoms. The Bertz CT molecular complexity index is 782. The number of hydrogen-bond donors (Lipinski definition) is 2. The van der Waals surface area contributed by atoms with E-state index >= 15 is 0 Å². The molecule has 5 nitrogen and oxygen atoms in total. The summed E-state index contributed by atoms with van der Waals surface area (Å²) in [5, 5.41) is 9.04. The molecule has 0 saturated carbocycles. The van der Waals surface area contributed by atoms with E-state index in [2.05, 4.69) is 15.5 Å². The molecule has 0 radical (unpaired) electrons. The van der Waals surface area contributed by atoms with E-state index in [0.29, 0.717) is 0 Å². The third kappa shape index (κ3) is 3.25. The minimum atomic E-state index is -4.59. The quantitative estimate of drug-likeness (QED) is 0.869. The highest BCUT2D eigenvalue weighted by Gasteiger charge is 2.65. The zero-order chi connectivity index (χ0) is 18.1. The Morgan fingerprint density at radius 3 is 2.16 bits per heavy atom. The maximum Gasteiger partial charge on any atom is 0.442 e. The lowest BCUT2D eigenvalue weighted by Gasteiger charge is -2.18. The van der Waals surface area contributed by atoms with Crippen molar-refractivity contribution in [2.45, 2.75) is 17.9 Å². The summed E-state index contributed by atoms with van der Waals surface area (Å²) in [5.41, 5.74) is 4.19. The van der Waals surface area contributed by atoms with Gasteiger partial charge < -0.3 is 11.1 Å². The molecular weight excluding hydrogens is 333 g/mol. The summed E-state index contributed by atoms with van der Waals surface area (Å²) in [7, 11) is 0. The van der Waals surface area contributed by atoms with Crippen LogP contribution in [0.3, 0.4) is 0 Å². The Hall–Kier alpha value is -2.74. The molecule has 0 saturated heterocycles. The number of nitrogens with zero attached hydrogens (tertiary/aromatic N) is 2. The molecular formula is C17H15F3N4O. The lowest BCUT2D eigenvalue weighted by molar-refractivity contribution is -0.166. The SMILES string of the molecule is NC[C@@H](NC(=O)c1ccc(C2(C(F)(F)F)N=N2)cc1)c1ccccc1. The van der Waals surface area contributed by atoms with Crippen LogP contribution in [0.5, 0.6) is 0 Å². The molecule has 130 valence electrons. The minimum absolute atomic E-state index is 0.116. The third-order valence-corrected chi connectivity index (χ3v) is 3.99. The van der Waals surface area contributed by atoms with Gasteiger partial charge in [0, 0.05) is 17.7 Å². The van der Waals surface area contributed by atoms with Crippen LogP contribution in [0.15, 0.2) is 64.8 Å². The standard InChI is InChI=1S/C17H15F3N4O/c18-17(19,20)16(23-24-16)13-8-6-12(7-9-13)15(25)22-14(10-21)11-4-2-1-3-5-11/h1-9,14H,10,21H2,(H,22,25)/t14-/m1/s1. The zero-order valence-electron chi connectivity index (χ0n) is 13.0.